The summed E-state index contributed by atoms with van der Waals surface area (Å²) in [4.78, 5) is 12.1. The van der Waals surface area contributed by atoms with Crippen LogP contribution in [0.2, 0.25) is 0 Å². The average molecular weight is 588 g/mol. The summed E-state index contributed by atoms with van der Waals surface area (Å²) in [5.74, 6) is 8.18. The molecule has 0 saturated carbocycles. The Kier molecular flexibility index (Phi) is 13.9. The summed E-state index contributed by atoms with van der Waals surface area (Å²) in [7, 11) is -1.04. The van der Waals surface area contributed by atoms with Gasteiger partial charge in [-0.1, -0.05) is 88.4 Å². The van der Waals surface area contributed by atoms with E-state index in [1.165, 1.54) is 56.3 Å². The van der Waals surface area contributed by atoms with Crippen molar-refractivity contribution in [2.45, 2.75) is 84.5 Å². The molecule has 0 amide bonds. The molecular formula is C31H40O5PS2+. The topological polar surface area (TPSA) is 65.0 Å². The summed E-state index contributed by atoms with van der Waals surface area (Å²) in [5.41, 5.74) is 1.83. The van der Waals surface area contributed by atoms with E-state index in [1.807, 2.05) is 18.2 Å². The smallest absolute Gasteiger partial charge is 0.496 e. The predicted molar refractivity (Wildman–Crippen MR) is 165 cm³/mol. The monoisotopic (exact) mass is 587 g/mol. The molecule has 2 aromatic heterocycles. The number of methoxy groups -OCH3 is 1. The number of benzene rings is 1. The van der Waals surface area contributed by atoms with Gasteiger partial charge in [0.05, 0.1) is 18.6 Å². The fourth-order valence-electron chi connectivity index (χ4n) is 4.23. The second-order valence-corrected chi connectivity index (χ2v) is 12.2. The van der Waals surface area contributed by atoms with Gasteiger partial charge in [0.2, 0.25) is 5.06 Å². The summed E-state index contributed by atoms with van der Waals surface area (Å²) in [6.07, 6.45) is 13.1. The van der Waals surface area contributed by atoms with Crippen molar-refractivity contribution in [1.29, 1.82) is 0 Å². The number of unbranched alkanes of at least 4 members (excludes halogenated alkanes) is 9. The van der Waals surface area contributed by atoms with E-state index in [0.29, 0.717) is 11.7 Å². The van der Waals surface area contributed by atoms with E-state index in [4.69, 9.17) is 18.9 Å². The van der Waals surface area contributed by atoms with Crippen molar-refractivity contribution in [1.82, 2.24) is 0 Å². The fraction of sp³-hybridized carbons (Fsp3) is 0.484. The molecule has 0 aliphatic carbocycles. The van der Waals surface area contributed by atoms with E-state index in [2.05, 4.69) is 37.8 Å². The first-order valence-electron chi connectivity index (χ1n) is 13.9. The highest BCUT2D eigenvalue weighted by atomic mass is 32.1. The van der Waals surface area contributed by atoms with E-state index in [-0.39, 0.29) is 0 Å². The third-order valence-corrected chi connectivity index (χ3v) is 8.82. The van der Waals surface area contributed by atoms with Crippen molar-refractivity contribution >= 4 is 30.9 Å². The van der Waals surface area contributed by atoms with Crippen LogP contribution in [0.1, 0.15) is 89.4 Å². The zero-order valence-electron chi connectivity index (χ0n) is 23.3. The second kappa shape index (κ2) is 17.4. The molecule has 3 rings (SSSR count). The highest BCUT2D eigenvalue weighted by Crippen LogP contribution is 2.46. The molecule has 1 aromatic carbocycles. The number of rotatable bonds is 17. The first-order valence-corrected chi connectivity index (χ1v) is 16.7. The summed E-state index contributed by atoms with van der Waals surface area (Å²) >= 11 is 2.96. The Hall–Kier alpha value is -2.36. The molecule has 3 aromatic rings. The van der Waals surface area contributed by atoms with E-state index >= 15 is 0 Å². The minimum absolute atomic E-state index is 0.382. The lowest BCUT2D eigenvalue weighted by Gasteiger charge is -2.15. The third kappa shape index (κ3) is 10.3. The van der Waals surface area contributed by atoms with Crippen LogP contribution in [-0.4, -0.2) is 18.6 Å². The number of thiophene rings is 2. The molecule has 0 spiro atoms. The Balaban J connectivity index is 1.81. The van der Waals surface area contributed by atoms with Gasteiger partial charge in [-0.15, -0.1) is 16.2 Å². The van der Waals surface area contributed by atoms with Gasteiger partial charge in [0.15, 0.2) is 0 Å². The van der Waals surface area contributed by atoms with Gasteiger partial charge in [-0.2, -0.15) is 0 Å². The Morgan fingerprint density at radius 1 is 0.821 bits per heavy atom. The van der Waals surface area contributed by atoms with Gasteiger partial charge in [-0.3, -0.25) is 0 Å². The van der Waals surface area contributed by atoms with Gasteiger partial charge in [0, 0.05) is 31.9 Å². The Bertz CT molecular complexity index is 1240. The van der Waals surface area contributed by atoms with Gasteiger partial charge in [0.25, 0.3) is 0 Å². The lowest BCUT2D eigenvalue weighted by Crippen LogP contribution is -2.00. The van der Waals surface area contributed by atoms with E-state index in [9.17, 15) is 4.57 Å². The summed E-state index contributed by atoms with van der Waals surface area (Å²) in [5, 5.41) is 0.382. The molecule has 1 atom stereocenters. The minimum Gasteiger partial charge on any atom is -0.496 e. The van der Waals surface area contributed by atoms with Crippen molar-refractivity contribution in [2.75, 3.05) is 13.7 Å². The lowest BCUT2D eigenvalue weighted by molar-refractivity contribution is 0.306. The van der Waals surface area contributed by atoms with Crippen LogP contribution in [0.3, 0.4) is 0 Å². The Morgan fingerprint density at radius 3 is 2.21 bits per heavy atom. The molecule has 0 aliphatic heterocycles. The zero-order chi connectivity index (χ0) is 27.9. The van der Waals surface area contributed by atoms with E-state index in [1.54, 1.807) is 24.5 Å². The molecule has 210 valence electrons. The molecule has 0 radical (unpaired) electrons. The Morgan fingerprint density at radius 2 is 1.46 bits per heavy atom. The van der Waals surface area contributed by atoms with Gasteiger partial charge in [-0.05, 0) is 49.2 Å². The molecule has 0 saturated heterocycles. The molecule has 1 unspecified atom stereocenters. The van der Waals surface area contributed by atoms with Gasteiger partial charge in [0.1, 0.15) is 11.5 Å². The van der Waals surface area contributed by atoms with Gasteiger partial charge >= 0.3 is 8.25 Å². The molecule has 5 nitrogen and oxygen atoms in total. The largest absolute Gasteiger partial charge is 0.748 e. The van der Waals surface area contributed by atoms with Crippen molar-refractivity contribution in [3.63, 3.8) is 0 Å². The maximum atomic E-state index is 11.1. The van der Waals surface area contributed by atoms with Crippen LogP contribution in [0, 0.1) is 11.8 Å². The minimum atomic E-state index is -2.71. The maximum Gasteiger partial charge on any atom is 0.748 e. The Labute approximate surface area is 242 Å². The summed E-state index contributed by atoms with van der Waals surface area (Å²) < 4.78 is 28.3. The van der Waals surface area contributed by atoms with Crippen LogP contribution in [0.4, 0.5) is 0 Å². The normalized spacial score (nSPS) is 11.1. The lowest BCUT2D eigenvalue weighted by atomic mass is 10.1. The number of ether oxygens (including phenoxy) is 2. The molecular weight excluding hydrogens is 547 g/mol. The predicted octanol–water partition coefficient (Wildman–Crippen LogP) is 10.2. The van der Waals surface area contributed by atoms with Gasteiger partial charge < -0.3 is 9.47 Å². The highest BCUT2D eigenvalue weighted by molar-refractivity contribution is 7.33. The highest BCUT2D eigenvalue weighted by Gasteiger charge is 2.20. The standard InChI is InChI=1S/C31H39O5PS2/c1-4-6-8-10-11-12-13-14-16-24-17-18-29(38-24)25-23-28(35-21-15-9-7-5-2)26(22-27(25)34-3)30-19-20-31(39-30)36-37(32)33/h17-20,22-23H,4-13,15,21H2,1-3H3/p+1. The van der Waals surface area contributed by atoms with E-state index in [0.717, 1.165) is 62.9 Å². The van der Waals surface area contributed by atoms with Crippen molar-refractivity contribution in [3.05, 3.63) is 41.3 Å². The molecule has 0 aliphatic rings. The number of hydrogen-bond acceptors (Lipinski definition) is 6. The SMILES string of the molecule is CCCCCCCCC#Cc1ccc(-c2cc(OCCCCCC)c(-c3ccc(O[P+](=O)O)s3)cc2OC)s1. The van der Waals surface area contributed by atoms with Crippen LogP contribution in [0.5, 0.6) is 16.6 Å². The van der Waals surface area contributed by atoms with Gasteiger partial charge in [-0.25, -0.2) is 4.52 Å². The molecule has 8 heteroatoms. The van der Waals surface area contributed by atoms with Crippen LogP contribution < -0.4 is 14.0 Å². The summed E-state index contributed by atoms with van der Waals surface area (Å²) in [6.45, 7) is 5.06. The molecule has 1 N–H and O–H groups in total. The van der Waals surface area contributed by atoms with Crippen molar-refractivity contribution in [3.8, 4) is 49.3 Å². The van der Waals surface area contributed by atoms with Crippen LogP contribution in [-0.2, 0) is 4.57 Å². The fourth-order valence-corrected chi connectivity index (χ4v) is 6.44. The first kappa shape index (κ1) is 31.2. The molecule has 2 heterocycles. The second-order valence-electron chi connectivity index (χ2n) is 9.39. The van der Waals surface area contributed by atoms with Crippen molar-refractivity contribution in [2.24, 2.45) is 0 Å². The van der Waals surface area contributed by atoms with Crippen LogP contribution in [0.25, 0.3) is 20.9 Å². The molecule has 0 bridgehead atoms. The average Bonchev–Trinajstić information content (AvgIpc) is 3.59. The summed E-state index contributed by atoms with van der Waals surface area (Å²) in [6, 6.07) is 11.8. The zero-order valence-corrected chi connectivity index (χ0v) is 25.8. The number of hydrogen-bond donors (Lipinski definition) is 1. The third-order valence-electron chi connectivity index (χ3n) is 6.31. The quantitative estimate of drug-likeness (QED) is 0.0967. The molecule has 39 heavy (non-hydrogen) atoms. The van der Waals surface area contributed by atoms with Crippen LogP contribution >= 0.6 is 30.9 Å². The maximum absolute atomic E-state index is 11.1. The van der Waals surface area contributed by atoms with E-state index < -0.39 is 8.25 Å². The van der Waals surface area contributed by atoms with Crippen LogP contribution in [0.15, 0.2) is 36.4 Å². The van der Waals surface area contributed by atoms with Crippen molar-refractivity contribution < 1.29 is 23.5 Å². The first-order chi connectivity index (χ1) is 19.0. The molecule has 0 fully saturated rings.